The molecule has 0 unspecified atom stereocenters. The van der Waals surface area contributed by atoms with Crippen molar-refractivity contribution < 1.29 is 23.9 Å². The van der Waals surface area contributed by atoms with Gasteiger partial charge in [0.05, 0.1) is 17.4 Å². The van der Waals surface area contributed by atoms with Gasteiger partial charge in [0.2, 0.25) is 5.91 Å². The van der Waals surface area contributed by atoms with Crippen molar-refractivity contribution in [3.8, 4) is 0 Å². The second kappa shape index (κ2) is 8.62. The highest BCUT2D eigenvalue weighted by molar-refractivity contribution is 7.12. The quantitative estimate of drug-likeness (QED) is 0.628. The summed E-state index contributed by atoms with van der Waals surface area (Å²) in [4.78, 5) is 58.1. The third-order valence-corrected chi connectivity index (χ3v) is 7.41. The van der Waals surface area contributed by atoms with Crippen LogP contribution in [0, 0.1) is 5.92 Å². The van der Waals surface area contributed by atoms with Gasteiger partial charge in [0, 0.05) is 32.2 Å². The van der Waals surface area contributed by atoms with Gasteiger partial charge in [0.15, 0.2) is 0 Å². The fraction of sp³-hybridized carbons (Fsp3) is 0.417. The second-order valence-corrected chi connectivity index (χ2v) is 9.56. The van der Waals surface area contributed by atoms with Gasteiger partial charge in [-0.1, -0.05) is 24.3 Å². The monoisotopic (exact) mass is 469 g/mol. The molecule has 4 rings (SSSR count). The molecule has 0 radical (unpaired) electrons. The number of benzene rings is 1. The number of carbonyl (C=O) groups excluding carboxylic acids is 4. The second-order valence-electron chi connectivity index (χ2n) is 8.62. The van der Waals surface area contributed by atoms with Crippen molar-refractivity contribution in [2.45, 2.75) is 25.3 Å². The van der Waals surface area contributed by atoms with Gasteiger partial charge >= 0.3 is 5.97 Å². The maximum Gasteiger partial charge on any atom is 0.311 e. The van der Waals surface area contributed by atoms with E-state index < -0.39 is 23.3 Å². The summed E-state index contributed by atoms with van der Waals surface area (Å²) in [7, 11) is 3.26. The Balaban J connectivity index is 1.88. The molecule has 0 N–H and O–H groups in total. The van der Waals surface area contributed by atoms with E-state index in [1.165, 1.54) is 26.0 Å². The van der Waals surface area contributed by atoms with Gasteiger partial charge in [-0.15, -0.1) is 11.3 Å². The number of nitrogens with zero attached hydrogens (tertiary/aromatic N) is 3. The third kappa shape index (κ3) is 3.60. The average Bonchev–Trinajstić information content (AvgIpc) is 3.43. The summed E-state index contributed by atoms with van der Waals surface area (Å²) in [6.45, 7) is 3.54. The summed E-state index contributed by atoms with van der Waals surface area (Å²) < 4.78 is 5.35. The van der Waals surface area contributed by atoms with E-state index in [1.807, 2.05) is 12.1 Å². The first-order chi connectivity index (χ1) is 15.7. The molecule has 1 aromatic heterocycles. The Hall–Kier alpha value is -3.20. The van der Waals surface area contributed by atoms with Gasteiger partial charge in [0.25, 0.3) is 11.8 Å². The molecule has 174 valence electrons. The summed E-state index contributed by atoms with van der Waals surface area (Å²) in [6.07, 6.45) is 0. The highest BCUT2D eigenvalue weighted by atomic mass is 32.1. The lowest BCUT2D eigenvalue weighted by Crippen LogP contribution is -2.62. The summed E-state index contributed by atoms with van der Waals surface area (Å²) in [5, 5.41) is 1.80. The number of amides is 3. The molecule has 33 heavy (non-hydrogen) atoms. The van der Waals surface area contributed by atoms with Crippen LogP contribution < -0.4 is 4.90 Å². The van der Waals surface area contributed by atoms with E-state index in [2.05, 4.69) is 0 Å². The number of likely N-dealkylation sites (N-methyl/N-ethyl adjacent to an activating group) is 1. The average molecular weight is 470 g/mol. The first kappa shape index (κ1) is 23.0. The van der Waals surface area contributed by atoms with Crippen LogP contribution in [-0.2, 0) is 19.1 Å². The number of hydrogen-bond acceptors (Lipinski definition) is 6. The Kier molecular flexibility index (Phi) is 6.00. The zero-order valence-corrected chi connectivity index (χ0v) is 19.9. The lowest BCUT2D eigenvalue weighted by Gasteiger charge is -2.46. The van der Waals surface area contributed by atoms with E-state index in [1.54, 1.807) is 57.6 Å². The lowest BCUT2D eigenvalue weighted by molar-refractivity contribution is -0.148. The summed E-state index contributed by atoms with van der Waals surface area (Å²) in [6, 6.07) is 10.8. The number of anilines is 1. The van der Waals surface area contributed by atoms with Crippen LogP contribution in [0.15, 0.2) is 41.8 Å². The van der Waals surface area contributed by atoms with Crippen LogP contribution in [0.25, 0.3) is 0 Å². The number of hydrogen-bond donors (Lipinski definition) is 0. The van der Waals surface area contributed by atoms with Crippen molar-refractivity contribution in [3.05, 3.63) is 52.2 Å². The number of likely N-dealkylation sites (tertiary alicyclic amines) is 1. The molecule has 0 bridgehead atoms. The minimum atomic E-state index is -1.35. The van der Waals surface area contributed by atoms with Crippen LogP contribution in [0.4, 0.5) is 5.69 Å². The third-order valence-electron chi connectivity index (χ3n) is 6.55. The Bertz CT molecular complexity index is 1100. The van der Waals surface area contributed by atoms with E-state index in [9.17, 15) is 19.2 Å². The predicted molar refractivity (Wildman–Crippen MR) is 124 cm³/mol. The smallest absolute Gasteiger partial charge is 0.311 e. The van der Waals surface area contributed by atoms with Gasteiger partial charge in [-0.2, -0.15) is 0 Å². The fourth-order valence-electron chi connectivity index (χ4n) is 4.92. The molecule has 3 heterocycles. The van der Waals surface area contributed by atoms with Crippen molar-refractivity contribution in [1.29, 1.82) is 0 Å². The highest BCUT2D eigenvalue weighted by Gasteiger charge is 2.64. The Morgan fingerprint density at radius 3 is 2.55 bits per heavy atom. The van der Waals surface area contributed by atoms with E-state index in [-0.39, 0.29) is 37.4 Å². The van der Waals surface area contributed by atoms with E-state index in [0.717, 1.165) is 5.56 Å². The molecule has 1 fully saturated rings. The highest BCUT2D eigenvalue weighted by Crippen LogP contribution is 2.53. The van der Waals surface area contributed by atoms with Gasteiger partial charge in [-0.05, 0) is 36.9 Å². The van der Waals surface area contributed by atoms with Crippen molar-refractivity contribution >= 4 is 40.7 Å². The maximum atomic E-state index is 14.1. The molecule has 3 amide bonds. The van der Waals surface area contributed by atoms with Crippen LogP contribution in [0.3, 0.4) is 0 Å². The summed E-state index contributed by atoms with van der Waals surface area (Å²) in [5.74, 6) is -2.65. The van der Waals surface area contributed by atoms with Crippen molar-refractivity contribution in [2.75, 3.05) is 38.7 Å². The number of esters is 1. The standard InChI is InChI=1S/C24H27N3O5S/c1-5-32-22(30)16-13-27(21(29)18-11-8-12-33-18)24(2)20(16)15-9-6-7-10-17(15)26(23(24)31)14-19(28)25(3)4/h6-12,16,20H,5,13-14H2,1-4H3/t16-,20+,24-/m0/s1. The molecular formula is C24H27N3O5S. The molecule has 2 aliphatic rings. The lowest BCUT2D eigenvalue weighted by atomic mass is 9.72. The van der Waals surface area contributed by atoms with Crippen LogP contribution in [0.1, 0.15) is 35.0 Å². The van der Waals surface area contributed by atoms with Crippen LogP contribution in [-0.4, -0.2) is 72.8 Å². The molecule has 9 heteroatoms. The zero-order valence-electron chi connectivity index (χ0n) is 19.1. The summed E-state index contributed by atoms with van der Waals surface area (Å²) in [5.41, 5.74) is -0.00927. The van der Waals surface area contributed by atoms with Gasteiger partial charge in [-0.3, -0.25) is 19.2 Å². The summed E-state index contributed by atoms with van der Waals surface area (Å²) >= 11 is 1.28. The fourth-order valence-corrected chi connectivity index (χ4v) is 5.59. The predicted octanol–water partition coefficient (Wildman–Crippen LogP) is 2.36. The number of ether oxygens (including phenoxy) is 1. The molecule has 3 atom stereocenters. The maximum absolute atomic E-state index is 14.1. The Labute approximate surface area is 196 Å². The molecule has 1 aromatic carbocycles. The van der Waals surface area contributed by atoms with E-state index in [4.69, 9.17) is 4.74 Å². The van der Waals surface area contributed by atoms with Gasteiger partial charge in [-0.25, -0.2) is 0 Å². The number of rotatable bonds is 5. The van der Waals surface area contributed by atoms with Gasteiger partial charge < -0.3 is 19.4 Å². The zero-order chi connectivity index (χ0) is 23.9. The van der Waals surface area contributed by atoms with Gasteiger partial charge in [0.1, 0.15) is 12.1 Å². The van der Waals surface area contributed by atoms with E-state index in [0.29, 0.717) is 10.6 Å². The van der Waals surface area contributed by atoms with Crippen LogP contribution in [0.5, 0.6) is 0 Å². The molecule has 2 aromatic rings. The number of carbonyl (C=O) groups is 4. The largest absolute Gasteiger partial charge is 0.466 e. The molecule has 8 nitrogen and oxygen atoms in total. The van der Waals surface area contributed by atoms with Crippen LogP contribution >= 0.6 is 11.3 Å². The molecule has 2 aliphatic heterocycles. The number of fused-ring (bicyclic) bond motifs is 3. The molecular weight excluding hydrogens is 442 g/mol. The number of thiophene rings is 1. The first-order valence-corrected chi connectivity index (χ1v) is 11.7. The normalized spacial score (nSPS) is 23.7. The Morgan fingerprint density at radius 1 is 1.18 bits per heavy atom. The van der Waals surface area contributed by atoms with Crippen LogP contribution in [0.2, 0.25) is 0 Å². The molecule has 0 aliphatic carbocycles. The molecule has 0 saturated carbocycles. The topological polar surface area (TPSA) is 87.2 Å². The van der Waals surface area contributed by atoms with E-state index >= 15 is 0 Å². The Morgan fingerprint density at radius 2 is 1.91 bits per heavy atom. The van der Waals surface area contributed by atoms with Crippen molar-refractivity contribution in [3.63, 3.8) is 0 Å². The van der Waals surface area contributed by atoms with Crippen molar-refractivity contribution in [1.82, 2.24) is 9.80 Å². The SMILES string of the molecule is CCOC(=O)[C@H]1CN(C(=O)c2cccs2)[C@]2(C)C(=O)N(CC(=O)N(C)C)c3ccccc3[C@H]12. The minimum absolute atomic E-state index is 0.0618. The first-order valence-electron chi connectivity index (χ1n) is 10.8. The minimum Gasteiger partial charge on any atom is -0.466 e. The molecule has 0 spiro atoms. The van der Waals surface area contributed by atoms with Crippen molar-refractivity contribution in [2.24, 2.45) is 5.92 Å². The number of para-hydroxylation sites is 1. The molecule has 1 saturated heterocycles.